The molecule has 130 valence electrons. The van der Waals surface area contributed by atoms with Gasteiger partial charge in [-0.2, -0.15) is 5.26 Å². The summed E-state index contributed by atoms with van der Waals surface area (Å²) in [5, 5.41) is 12.5. The number of benzene rings is 1. The second kappa shape index (κ2) is 9.28. The second-order valence-corrected chi connectivity index (χ2v) is 5.47. The van der Waals surface area contributed by atoms with Gasteiger partial charge in [0.25, 0.3) is 5.91 Å². The minimum absolute atomic E-state index is 0.0629. The van der Waals surface area contributed by atoms with Crippen LogP contribution in [0, 0.1) is 11.3 Å². The van der Waals surface area contributed by atoms with Gasteiger partial charge in [0, 0.05) is 0 Å². The molecule has 0 fully saturated rings. The van der Waals surface area contributed by atoms with Gasteiger partial charge in [-0.3, -0.25) is 4.79 Å². The second-order valence-electron chi connectivity index (χ2n) is 5.47. The Hall–Kier alpha value is -3.07. The molecular formula is C19H22N4O2. The van der Waals surface area contributed by atoms with E-state index in [9.17, 15) is 10.1 Å². The summed E-state index contributed by atoms with van der Waals surface area (Å²) in [6.45, 7) is 4.35. The van der Waals surface area contributed by atoms with Gasteiger partial charge in [-0.25, -0.2) is 4.98 Å². The minimum Gasteiger partial charge on any atom is -0.490 e. The number of aromatic nitrogens is 2. The van der Waals surface area contributed by atoms with E-state index in [0.717, 1.165) is 12.0 Å². The van der Waals surface area contributed by atoms with Gasteiger partial charge in [0.15, 0.2) is 11.3 Å². The van der Waals surface area contributed by atoms with Gasteiger partial charge in [-0.15, -0.1) is 0 Å². The van der Waals surface area contributed by atoms with Crippen LogP contribution in [-0.2, 0) is 9.53 Å². The molecule has 0 saturated carbocycles. The van der Waals surface area contributed by atoms with E-state index >= 15 is 0 Å². The van der Waals surface area contributed by atoms with E-state index in [1.54, 1.807) is 0 Å². The minimum atomic E-state index is -0.459. The molecular weight excluding hydrogens is 316 g/mol. The quantitative estimate of drug-likeness (QED) is 0.439. The van der Waals surface area contributed by atoms with Crippen LogP contribution in [0.4, 0.5) is 0 Å². The highest BCUT2D eigenvalue weighted by Gasteiger charge is 2.22. The lowest BCUT2D eigenvalue weighted by molar-refractivity contribution is -0.117. The fourth-order valence-electron chi connectivity index (χ4n) is 2.41. The summed E-state index contributed by atoms with van der Waals surface area (Å²) >= 11 is 0. The molecule has 0 aliphatic heterocycles. The standard InChI is InChI=1S/C19H22N4O2/c1-3-10-25-18(17-12-21-13-22-17)15(11-20)19(24)23-16(4-2)14-8-6-5-7-9-14/h5-9,12-13,16H,3-4,10H2,1-2H3,(H,21,22)(H,23,24)/b18-15-. The third kappa shape index (κ3) is 4.70. The van der Waals surface area contributed by atoms with Gasteiger partial charge < -0.3 is 15.0 Å². The number of H-pyrrole nitrogens is 1. The number of imidazole rings is 1. The van der Waals surface area contributed by atoms with E-state index in [4.69, 9.17) is 4.74 Å². The Labute approximate surface area is 147 Å². The van der Waals surface area contributed by atoms with Crippen molar-refractivity contribution in [2.45, 2.75) is 32.7 Å². The predicted molar refractivity (Wildman–Crippen MR) is 95.0 cm³/mol. The van der Waals surface area contributed by atoms with Gasteiger partial charge in [0.1, 0.15) is 11.8 Å². The molecule has 1 amide bonds. The van der Waals surface area contributed by atoms with Crippen LogP contribution >= 0.6 is 0 Å². The maximum absolute atomic E-state index is 12.7. The van der Waals surface area contributed by atoms with Gasteiger partial charge in [-0.1, -0.05) is 44.2 Å². The fraction of sp³-hybridized carbons (Fsp3) is 0.316. The largest absolute Gasteiger partial charge is 0.490 e. The molecule has 0 bridgehead atoms. The number of nitriles is 1. The van der Waals surface area contributed by atoms with Crippen LogP contribution in [0.15, 0.2) is 48.4 Å². The molecule has 6 heteroatoms. The summed E-state index contributed by atoms with van der Waals surface area (Å²) < 4.78 is 5.66. The summed E-state index contributed by atoms with van der Waals surface area (Å²) in [6.07, 6.45) is 4.49. The summed E-state index contributed by atoms with van der Waals surface area (Å²) in [7, 11) is 0. The third-order valence-corrected chi connectivity index (χ3v) is 3.67. The number of rotatable bonds is 8. The van der Waals surface area contributed by atoms with Crippen LogP contribution in [0.3, 0.4) is 0 Å². The van der Waals surface area contributed by atoms with E-state index < -0.39 is 5.91 Å². The van der Waals surface area contributed by atoms with E-state index in [-0.39, 0.29) is 17.4 Å². The average Bonchev–Trinajstić information content (AvgIpc) is 3.18. The molecule has 6 nitrogen and oxygen atoms in total. The molecule has 2 N–H and O–H groups in total. The van der Waals surface area contributed by atoms with Gasteiger partial charge in [-0.05, 0) is 18.4 Å². The van der Waals surface area contributed by atoms with E-state index in [1.807, 2.05) is 50.2 Å². The molecule has 2 rings (SSSR count). The maximum Gasteiger partial charge on any atom is 0.266 e. The van der Waals surface area contributed by atoms with E-state index in [1.165, 1.54) is 12.5 Å². The number of carbonyl (C=O) groups excluding carboxylic acids is 1. The molecule has 0 radical (unpaired) electrons. The Kier molecular flexibility index (Phi) is 6.78. The maximum atomic E-state index is 12.7. The SMILES string of the molecule is CCCO/C(=C(/C#N)C(=O)NC(CC)c1ccccc1)c1cnc[nH]1. The van der Waals surface area contributed by atoms with E-state index in [2.05, 4.69) is 15.3 Å². The van der Waals surface area contributed by atoms with Crippen LogP contribution in [-0.4, -0.2) is 22.5 Å². The van der Waals surface area contributed by atoms with Crippen molar-refractivity contribution in [1.82, 2.24) is 15.3 Å². The zero-order chi connectivity index (χ0) is 18.1. The van der Waals surface area contributed by atoms with Crippen LogP contribution < -0.4 is 5.32 Å². The number of ether oxygens (including phenoxy) is 1. The monoisotopic (exact) mass is 338 g/mol. The highest BCUT2D eigenvalue weighted by molar-refractivity contribution is 6.03. The molecule has 2 aromatic rings. The topological polar surface area (TPSA) is 90.8 Å². The van der Waals surface area contributed by atoms with Crippen molar-refractivity contribution in [1.29, 1.82) is 5.26 Å². The molecule has 0 aliphatic rings. The number of nitrogens with zero attached hydrogens (tertiary/aromatic N) is 2. The summed E-state index contributed by atoms with van der Waals surface area (Å²) in [5.41, 5.74) is 1.44. The van der Waals surface area contributed by atoms with Crippen LogP contribution in [0.2, 0.25) is 0 Å². The Morgan fingerprint density at radius 2 is 2.12 bits per heavy atom. The highest BCUT2D eigenvalue weighted by atomic mass is 16.5. The number of carbonyl (C=O) groups is 1. The molecule has 1 atom stereocenters. The predicted octanol–water partition coefficient (Wildman–Crippen LogP) is 3.34. The van der Waals surface area contributed by atoms with Crippen molar-refractivity contribution in [2.24, 2.45) is 0 Å². The number of nitrogens with one attached hydrogen (secondary N) is 2. The molecule has 1 aromatic carbocycles. The number of aromatic amines is 1. The van der Waals surface area contributed by atoms with Crippen LogP contribution in [0.1, 0.15) is 44.0 Å². The average molecular weight is 338 g/mol. The molecule has 1 aromatic heterocycles. The lowest BCUT2D eigenvalue weighted by Gasteiger charge is -2.18. The highest BCUT2D eigenvalue weighted by Crippen LogP contribution is 2.21. The van der Waals surface area contributed by atoms with Crippen molar-refractivity contribution < 1.29 is 9.53 Å². The zero-order valence-electron chi connectivity index (χ0n) is 14.5. The number of hydrogen-bond donors (Lipinski definition) is 2. The van der Waals surface area contributed by atoms with Crippen molar-refractivity contribution in [3.63, 3.8) is 0 Å². The molecule has 0 saturated heterocycles. The van der Waals surface area contributed by atoms with Crippen molar-refractivity contribution >= 4 is 11.7 Å². The summed E-state index contributed by atoms with van der Waals surface area (Å²) in [4.78, 5) is 19.5. The Balaban J connectivity index is 2.30. The first-order chi connectivity index (χ1) is 12.2. The lowest BCUT2D eigenvalue weighted by Crippen LogP contribution is -2.30. The summed E-state index contributed by atoms with van der Waals surface area (Å²) in [6, 6.07) is 11.5. The van der Waals surface area contributed by atoms with Crippen molar-refractivity contribution in [2.75, 3.05) is 6.61 Å². The molecule has 0 spiro atoms. The molecule has 0 aliphatic carbocycles. The number of amides is 1. The van der Waals surface area contributed by atoms with Crippen molar-refractivity contribution in [3.8, 4) is 6.07 Å². The van der Waals surface area contributed by atoms with Gasteiger partial charge in [0.05, 0.1) is 25.2 Å². The smallest absolute Gasteiger partial charge is 0.266 e. The first-order valence-electron chi connectivity index (χ1n) is 8.32. The zero-order valence-corrected chi connectivity index (χ0v) is 14.5. The van der Waals surface area contributed by atoms with Gasteiger partial charge >= 0.3 is 0 Å². The van der Waals surface area contributed by atoms with Crippen LogP contribution in [0.5, 0.6) is 0 Å². The Morgan fingerprint density at radius 1 is 1.36 bits per heavy atom. The molecule has 1 heterocycles. The van der Waals surface area contributed by atoms with Gasteiger partial charge in [0.2, 0.25) is 0 Å². The first kappa shape index (κ1) is 18.3. The molecule has 25 heavy (non-hydrogen) atoms. The van der Waals surface area contributed by atoms with Crippen molar-refractivity contribution in [3.05, 3.63) is 59.7 Å². The Bertz CT molecular complexity index is 745. The fourth-order valence-corrected chi connectivity index (χ4v) is 2.41. The Morgan fingerprint density at radius 3 is 2.68 bits per heavy atom. The third-order valence-electron chi connectivity index (χ3n) is 3.67. The van der Waals surface area contributed by atoms with Crippen LogP contribution in [0.25, 0.3) is 5.76 Å². The van der Waals surface area contributed by atoms with E-state index in [0.29, 0.717) is 18.7 Å². The number of hydrogen-bond acceptors (Lipinski definition) is 4. The normalized spacial score (nSPS) is 12.7. The summed E-state index contributed by atoms with van der Waals surface area (Å²) in [5.74, 6) is -0.235. The first-order valence-corrected chi connectivity index (χ1v) is 8.32. The lowest BCUT2D eigenvalue weighted by atomic mass is 10.0. The molecule has 1 unspecified atom stereocenters.